The maximum absolute atomic E-state index is 5.96. The molecule has 160 valence electrons. The van der Waals surface area contributed by atoms with E-state index in [2.05, 4.69) is 60.7 Å². The van der Waals surface area contributed by atoms with E-state index < -0.39 is 0 Å². The molecule has 3 unspecified atom stereocenters. The molecule has 0 amide bonds. The Morgan fingerprint density at radius 1 is 1.31 bits per heavy atom. The van der Waals surface area contributed by atoms with E-state index in [1.165, 1.54) is 37.7 Å². The van der Waals surface area contributed by atoms with E-state index in [0.29, 0.717) is 23.3 Å². The molecular formula is C21H33BrN6O. The van der Waals surface area contributed by atoms with E-state index in [-0.39, 0.29) is 4.95 Å². The first kappa shape index (κ1) is 20.7. The number of likely N-dealkylation sites (tertiary alicyclic amines) is 1. The number of aliphatic imine (C=N–C) groups is 1. The molecule has 0 aromatic heterocycles. The minimum absolute atomic E-state index is 0.170. The van der Waals surface area contributed by atoms with Gasteiger partial charge in [-0.3, -0.25) is 5.43 Å². The van der Waals surface area contributed by atoms with Crippen LogP contribution in [0.4, 0.5) is 0 Å². The van der Waals surface area contributed by atoms with Crippen LogP contribution in [0.2, 0.25) is 0 Å². The van der Waals surface area contributed by atoms with Crippen molar-refractivity contribution in [3.8, 4) is 0 Å². The zero-order valence-electron chi connectivity index (χ0n) is 17.5. The molecule has 29 heavy (non-hydrogen) atoms. The number of hydrazone groups is 1. The Morgan fingerprint density at radius 2 is 2.10 bits per heavy atom. The number of hydrogen-bond acceptors (Lipinski definition) is 7. The Labute approximate surface area is 182 Å². The van der Waals surface area contributed by atoms with Crippen molar-refractivity contribution in [1.29, 1.82) is 0 Å². The van der Waals surface area contributed by atoms with Crippen LogP contribution in [0.1, 0.15) is 51.9 Å². The van der Waals surface area contributed by atoms with Crippen molar-refractivity contribution >= 4 is 27.7 Å². The van der Waals surface area contributed by atoms with Gasteiger partial charge in [0.2, 0.25) is 5.96 Å². The molecule has 7 nitrogen and oxygen atoms in total. The summed E-state index contributed by atoms with van der Waals surface area (Å²) in [5.41, 5.74) is 10.8. The maximum atomic E-state index is 5.96. The summed E-state index contributed by atoms with van der Waals surface area (Å²) < 4.78 is 5.37. The van der Waals surface area contributed by atoms with E-state index >= 15 is 0 Å². The standard InChI is InChI=1S/C21H33BrN6O/c1-14(15-5-7-16(29-2)8-6-15)24-17-4-3-9-21(17)10-12-28(13-11-21)20-25-19(23)18(22)26-27-20/h5,7,14,17-18,24,26H,3-4,6,8-13H2,1-2H3,(H2,23,25,27). The fourth-order valence-electron chi connectivity index (χ4n) is 5.24. The molecule has 1 saturated heterocycles. The average Bonchev–Trinajstić information content (AvgIpc) is 3.12. The van der Waals surface area contributed by atoms with Gasteiger partial charge in [-0.25, -0.2) is 0 Å². The quantitative estimate of drug-likeness (QED) is 0.439. The third-order valence-electron chi connectivity index (χ3n) is 7.13. The summed E-state index contributed by atoms with van der Waals surface area (Å²) in [7, 11) is 1.76. The van der Waals surface area contributed by atoms with Crippen LogP contribution in [0, 0.1) is 5.41 Å². The molecule has 0 aromatic carbocycles. The first-order valence-electron chi connectivity index (χ1n) is 10.8. The summed E-state index contributed by atoms with van der Waals surface area (Å²) >= 11 is 3.41. The smallest absolute Gasteiger partial charge is 0.244 e. The van der Waals surface area contributed by atoms with Gasteiger partial charge in [0, 0.05) is 31.6 Å². The highest BCUT2D eigenvalue weighted by molar-refractivity contribution is 9.10. The van der Waals surface area contributed by atoms with E-state index in [1.807, 2.05) is 0 Å². The highest BCUT2D eigenvalue weighted by atomic mass is 79.9. The second-order valence-electron chi connectivity index (χ2n) is 8.70. The predicted octanol–water partition coefficient (Wildman–Crippen LogP) is 2.80. The van der Waals surface area contributed by atoms with Crippen molar-refractivity contribution in [1.82, 2.24) is 15.6 Å². The fourth-order valence-corrected chi connectivity index (χ4v) is 5.45. The molecule has 2 aliphatic heterocycles. The lowest BCUT2D eigenvalue weighted by Gasteiger charge is -2.45. The van der Waals surface area contributed by atoms with Gasteiger partial charge in [-0.2, -0.15) is 4.99 Å². The van der Waals surface area contributed by atoms with Crippen LogP contribution in [-0.4, -0.2) is 53.9 Å². The summed E-state index contributed by atoms with van der Waals surface area (Å²) in [6, 6.07) is 0.995. The van der Waals surface area contributed by atoms with Crippen LogP contribution < -0.4 is 16.5 Å². The number of rotatable bonds is 4. The van der Waals surface area contributed by atoms with E-state index in [4.69, 9.17) is 10.5 Å². The van der Waals surface area contributed by atoms with Gasteiger partial charge in [0.1, 0.15) is 5.84 Å². The van der Waals surface area contributed by atoms with Gasteiger partial charge < -0.3 is 20.7 Å². The highest BCUT2D eigenvalue weighted by Crippen LogP contribution is 2.47. The van der Waals surface area contributed by atoms with Gasteiger partial charge >= 0.3 is 0 Å². The molecule has 1 saturated carbocycles. The normalized spacial score (nSPS) is 30.1. The fraction of sp³-hybridized carbons (Fsp3) is 0.714. The molecule has 2 fully saturated rings. The predicted molar refractivity (Wildman–Crippen MR) is 121 cm³/mol. The number of piperidine rings is 1. The van der Waals surface area contributed by atoms with Gasteiger partial charge in [-0.1, -0.05) is 34.0 Å². The van der Waals surface area contributed by atoms with Crippen LogP contribution >= 0.6 is 15.9 Å². The van der Waals surface area contributed by atoms with Crippen LogP contribution in [0.25, 0.3) is 0 Å². The number of nitrogens with zero attached hydrogens (tertiary/aromatic N) is 3. The number of allylic oxidation sites excluding steroid dienone is 3. The number of hydrogen-bond donors (Lipinski definition) is 3. The van der Waals surface area contributed by atoms with E-state index in [1.54, 1.807) is 7.11 Å². The van der Waals surface area contributed by atoms with E-state index in [0.717, 1.165) is 37.6 Å². The summed E-state index contributed by atoms with van der Waals surface area (Å²) in [6.07, 6.45) is 12.7. The minimum Gasteiger partial charge on any atom is -0.501 e. The lowest BCUT2D eigenvalue weighted by atomic mass is 9.73. The summed E-state index contributed by atoms with van der Waals surface area (Å²) in [5.74, 6) is 2.34. The van der Waals surface area contributed by atoms with Crippen LogP contribution in [-0.2, 0) is 4.74 Å². The van der Waals surface area contributed by atoms with Gasteiger partial charge in [-0.05, 0) is 50.5 Å². The Bertz CT molecular complexity index is 737. The van der Waals surface area contributed by atoms with Gasteiger partial charge in [0.25, 0.3) is 0 Å². The van der Waals surface area contributed by atoms with Crippen LogP contribution in [0.5, 0.6) is 0 Å². The third-order valence-corrected chi connectivity index (χ3v) is 7.80. The second-order valence-corrected chi connectivity index (χ2v) is 9.62. The first-order chi connectivity index (χ1) is 14.0. The Morgan fingerprint density at radius 3 is 2.76 bits per heavy atom. The summed E-state index contributed by atoms with van der Waals surface area (Å²) in [6.45, 7) is 4.29. The lowest BCUT2D eigenvalue weighted by molar-refractivity contribution is 0.114. The molecule has 0 bridgehead atoms. The van der Waals surface area contributed by atoms with Crippen molar-refractivity contribution in [2.75, 3.05) is 20.2 Å². The molecule has 2 heterocycles. The molecule has 0 radical (unpaired) electrons. The number of amidine groups is 1. The van der Waals surface area contributed by atoms with Crippen molar-refractivity contribution < 1.29 is 4.74 Å². The second kappa shape index (κ2) is 8.68. The van der Waals surface area contributed by atoms with Crippen LogP contribution in [0.15, 0.2) is 33.6 Å². The average molecular weight is 465 g/mol. The lowest BCUT2D eigenvalue weighted by Crippen LogP contribution is -2.53. The third kappa shape index (κ3) is 4.33. The first-order valence-corrected chi connectivity index (χ1v) is 11.7. The number of halogens is 1. The molecule has 4 rings (SSSR count). The zero-order chi connectivity index (χ0) is 20.4. The van der Waals surface area contributed by atoms with Crippen molar-refractivity contribution in [3.05, 3.63) is 23.5 Å². The molecule has 1 spiro atoms. The monoisotopic (exact) mass is 464 g/mol. The maximum Gasteiger partial charge on any atom is 0.244 e. The van der Waals surface area contributed by atoms with E-state index in [9.17, 15) is 0 Å². The Balaban J connectivity index is 1.37. The number of alkyl halides is 1. The SMILES string of the molecule is COC1=CC=C(C(C)NC2CCCC23CCN(C2=NNC(Br)C(N)=N2)CC3)CC1. The number of guanidine groups is 1. The Hall–Kier alpha value is -1.54. The molecule has 0 aromatic rings. The van der Waals surface area contributed by atoms with Gasteiger partial charge in [0.05, 0.1) is 12.9 Å². The van der Waals surface area contributed by atoms with Gasteiger partial charge in [-0.15, -0.1) is 5.10 Å². The van der Waals surface area contributed by atoms with Crippen molar-refractivity contribution in [3.63, 3.8) is 0 Å². The number of nitrogens with two attached hydrogens (primary N) is 1. The summed E-state index contributed by atoms with van der Waals surface area (Å²) in [5, 5.41) is 8.38. The Kier molecular flexibility index (Phi) is 6.20. The molecule has 4 N–H and O–H groups in total. The van der Waals surface area contributed by atoms with Crippen molar-refractivity contribution in [2.24, 2.45) is 21.2 Å². The number of ether oxygens (including phenoxy) is 1. The highest BCUT2D eigenvalue weighted by Gasteiger charge is 2.45. The molecule has 4 aliphatic rings. The molecular weight excluding hydrogens is 432 g/mol. The van der Waals surface area contributed by atoms with Crippen LogP contribution in [0.3, 0.4) is 0 Å². The number of nitrogens with one attached hydrogen (secondary N) is 2. The number of methoxy groups -OCH3 is 1. The van der Waals surface area contributed by atoms with Gasteiger partial charge in [0.15, 0.2) is 4.95 Å². The topological polar surface area (TPSA) is 87.3 Å². The molecule has 3 atom stereocenters. The minimum atomic E-state index is -0.170. The summed E-state index contributed by atoms with van der Waals surface area (Å²) in [4.78, 5) is 6.56. The van der Waals surface area contributed by atoms with Crippen molar-refractivity contribution in [2.45, 2.75) is 68.9 Å². The zero-order valence-corrected chi connectivity index (χ0v) is 19.0. The molecule has 2 aliphatic carbocycles. The molecule has 8 heteroatoms. The largest absolute Gasteiger partial charge is 0.501 e.